The number of hydrogen-bond donors (Lipinski definition) is 0. The fourth-order valence-corrected chi connectivity index (χ4v) is 2.58. The number of rotatable bonds is 4. The van der Waals surface area contributed by atoms with Crippen molar-refractivity contribution in [2.75, 3.05) is 7.11 Å². The van der Waals surface area contributed by atoms with Crippen molar-refractivity contribution in [3.63, 3.8) is 0 Å². The first-order valence-electron chi connectivity index (χ1n) is 6.30. The third-order valence-electron chi connectivity index (χ3n) is 3.51. The Morgan fingerprint density at radius 2 is 2.20 bits per heavy atom. The quantitative estimate of drug-likeness (QED) is 0.803. The third kappa shape index (κ3) is 2.24. The summed E-state index contributed by atoms with van der Waals surface area (Å²) in [5.41, 5.74) is 0.372. The Bertz CT molecular complexity index is 649. The van der Waals surface area contributed by atoms with E-state index in [0.717, 1.165) is 10.0 Å². The lowest BCUT2D eigenvalue weighted by Crippen LogP contribution is -2.22. The molecule has 3 rings (SSSR count). The standard InChI is InChI=1S/C14H13BrN2O3/c1-19-13(18)14(6-7-14)12-16-11(17-20-12)8-9-4-2-3-5-10(9)15/h2-5H,6-8H2,1H3. The van der Waals surface area contributed by atoms with E-state index < -0.39 is 5.41 Å². The molecule has 104 valence electrons. The van der Waals surface area contributed by atoms with Gasteiger partial charge in [-0.1, -0.05) is 39.3 Å². The molecular formula is C14H13BrN2O3. The van der Waals surface area contributed by atoms with Gasteiger partial charge in [-0.05, 0) is 24.5 Å². The second-order valence-electron chi connectivity index (χ2n) is 4.86. The Morgan fingerprint density at radius 3 is 2.85 bits per heavy atom. The average molecular weight is 337 g/mol. The molecular weight excluding hydrogens is 324 g/mol. The molecule has 1 aromatic heterocycles. The Labute approximate surface area is 124 Å². The van der Waals surface area contributed by atoms with Gasteiger partial charge in [-0.3, -0.25) is 4.79 Å². The zero-order chi connectivity index (χ0) is 14.2. The first-order valence-corrected chi connectivity index (χ1v) is 7.10. The zero-order valence-corrected chi connectivity index (χ0v) is 12.5. The van der Waals surface area contributed by atoms with E-state index in [0.29, 0.717) is 31.0 Å². The normalized spacial score (nSPS) is 15.9. The predicted octanol–water partition coefficient (Wildman–Crippen LogP) is 2.63. The van der Waals surface area contributed by atoms with E-state index in [-0.39, 0.29) is 5.97 Å². The largest absolute Gasteiger partial charge is 0.468 e. The maximum Gasteiger partial charge on any atom is 0.321 e. The molecule has 0 atom stereocenters. The molecule has 0 spiro atoms. The van der Waals surface area contributed by atoms with E-state index in [1.54, 1.807) is 0 Å². The highest BCUT2D eigenvalue weighted by Crippen LogP contribution is 2.48. The molecule has 0 saturated heterocycles. The number of carbonyl (C=O) groups excluding carboxylic acids is 1. The Morgan fingerprint density at radius 1 is 1.45 bits per heavy atom. The van der Waals surface area contributed by atoms with Crippen LogP contribution in [0.1, 0.15) is 30.1 Å². The number of ether oxygens (including phenoxy) is 1. The minimum Gasteiger partial charge on any atom is -0.468 e. The van der Waals surface area contributed by atoms with E-state index >= 15 is 0 Å². The molecule has 2 aromatic rings. The van der Waals surface area contributed by atoms with Crippen LogP contribution in [-0.2, 0) is 21.4 Å². The molecule has 1 fully saturated rings. The van der Waals surface area contributed by atoms with Crippen molar-refractivity contribution in [3.8, 4) is 0 Å². The summed E-state index contributed by atoms with van der Waals surface area (Å²) >= 11 is 3.49. The summed E-state index contributed by atoms with van der Waals surface area (Å²) in [6.07, 6.45) is 1.97. The second kappa shape index (κ2) is 5.01. The van der Waals surface area contributed by atoms with E-state index in [4.69, 9.17) is 9.26 Å². The van der Waals surface area contributed by atoms with Gasteiger partial charge in [-0.15, -0.1) is 0 Å². The van der Waals surface area contributed by atoms with Crippen molar-refractivity contribution in [2.45, 2.75) is 24.7 Å². The molecule has 20 heavy (non-hydrogen) atoms. The lowest BCUT2D eigenvalue weighted by Gasteiger charge is -2.05. The van der Waals surface area contributed by atoms with Crippen molar-refractivity contribution >= 4 is 21.9 Å². The van der Waals surface area contributed by atoms with Gasteiger partial charge in [0.25, 0.3) is 0 Å². The molecule has 0 bridgehead atoms. The minimum absolute atomic E-state index is 0.298. The van der Waals surface area contributed by atoms with E-state index in [1.165, 1.54) is 7.11 Å². The van der Waals surface area contributed by atoms with Crippen molar-refractivity contribution in [3.05, 3.63) is 46.0 Å². The summed E-state index contributed by atoms with van der Waals surface area (Å²) in [6.45, 7) is 0. The average Bonchev–Trinajstić information content (AvgIpc) is 3.14. The molecule has 1 aliphatic carbocycles. The molecule has 1 aliphatic rings. The molecule has 0 unspecified atom stereocenters. The van der Waals surface area contributed by atoms with Crippen LogP contribution in [0.3, 0.4) is 0 Å². The third-order valence-corrected chi connectivity index (χ3v) is 4.28. The molecule has 1 heterocycles. The summed E-state index contributed by atoms with van der Waals surface area (Å²) in [5.74, 6) is 0.641. The predicted molar refractivity (Wildman–Crippen MR) is 74.2 cm³/mol. The smallest absolute Gasteiger partial charge is 0.321 e. The zero-order valence-electron chi connectivity index (χ0n) is 10.9. The van der Waals surface area contributed by atoms with Gasteiger partial charge in [0.15, 0.2) is 5.82 Å². The van der Waals surface area contributed by atoms with Crippen molar-refractivity contribution in [2.24, 2.45) is 0 Å². The summed E-state index contributed by atoms with van der Waals surface area (Å²) in [4.78, 5) is 16.1. The van der Waals surface area contributed by atoms with Crippen LogP contribution in [0.4, 0.5) is 0 Å². The SMILES string of the molecule is COC(=O)C1(c2nc(Cc3ccccc3Br)no2)CC1. The van der Waals surface area contributed by atoms with Crippen LogP contribution in [-0.4, -0.2) is 23.2 Å². The number of aromatic nitrogens is 2. The van der Waals surface area contributed by atoms with E-state index in [1.807, 2.05) is 24.3 Å². The number of carbonyl (C=O) groups is 1. The molecule has 0 N–H and O–H groups in total. The number of nitrogens with zero attached hydrogens (tertiary/aromatic N) is 2. The molecule has 6 heteroatoms. The van der Waals surface area contributed by atoms with E-state index in [9.17, 15) is 4.79 Å². The van der Waals surface area contributed by atoms with Crippen molar-refractivity contribution < 1.29 is 14.1 Å². The van der Waals surface area contributed by atoms with E-state index in [2.05, 4.69) is 26.1 Å². The Hall–Kier alpha value is -1.69. The topological polar surface area (TPSA) is 65.2 Å². The molecule has 1 aromatic carbocycles. The highest BCUT2D eigenvalue weighted by atomic mass is 79.9. The molecule has 1 saturated carbocycles. The van der Waals surface area contributed by atoms with Gasteiger partial charge < -0.3 is 9.26 Å². The highest BCUT2D eigenvalue weighted by molar-refractivity contribution is 9.10. The minimum atomic E-state index is -0.700. The fraction of sp³-hybridized carbons (Fsp3) is 0.357. The van der Waals surface area contributed by atoms with Crippen LogP contribution in [0, 0.1) is 0 Å². The van der Waals surface area contributed by atoms with Crippen LogP contribution < -0.4 is 0 Å². The maximum absolute atomic E-state index is 11.8. The monoisotopic (exact) mass is 336 g/mol. The van der Waals surface area contributed by atoms with Crippen molar-refractivity contribution in [1.82, 2.24) is 10.1 Å². The number of halogens is 1. The van der Waals surface area contributed by atoms with Gasteiger partial charge in [0, 0.05) is 10.9 Å². The van der Waals surface area contributed by atoms with Gasteiger partial charge in [0.05, 0.1) is 7.11 Å². The van der Waals surface area contributed by atoms with Gasteiger partial charge in [0.2, 0.25) is 5.89 Å². The molecule has 5 nitrogen and oxygen atoms in total. The maximum atomic E-state index is 11.8. The first kappa shape index (κ1) is 13.3. The molecule has 0 aliphatic heterocycles. The number of esters is 1. The Kier molecular flexibility index (Phi) is 3.33. The van der Waals surface area contributed by atoms with Crippen LogP contribution in [0.2, 0.25) is 0 Å². The molecule has 0 radical (unpaired) electrons. The second-order valence-corrected chi connectivity index (χ2v) is 5.71. The van der Waals surface area contributed by atoms with Crippen LogP contribution in [0.5, 0.6) is 0 Å². The lowest BCUT2D eigenvalue weighted by atomic mass is 10.1. The number of methoxy groups -OCH3 is 1. The summed E-state index contributed by atoms with van der Waals surface area (Å²) in [7, 11) is 1.38. The van der Waals surface area contributed by atoms with Crippen LogP contribution in [0.25, 0.3) is 0 Å². The lowest BCUT2D eigenvalue weighted by molar-refractivity contribution is -0.144. The Balaban J connectivity index is 1.82. The summed E-state index contributed by atoms with van der Waals surface area (Å²) < 4.78 is 11.1. The van der Waals surface area contributed by atoms with Crippen LogP contribution in [0.15, 0.2) is 33.3 Å². The van der Waals surface area contributed by atoms with Gasteiger partial charge in [-0.2, -0.15) is 4.98 Å². The fourth-order valence-electron chi connectivity index (χ4n) is 2.16. The number of hydrogen-bond acceptors (Lipinski definition) is 5. The molecule has 0 amide bonds. The van der Waals surface area contributed by atoms with Gasteiger partial charge in [-0.25, -0.2) is 0 Å². The summed E-state index contributed by atoms with van der Waals surface area (Å²) in [5, 5.41) is 3.96. The van der Waals surface area contributed by atoms with Crippen molar-refractivity contribution in [1.29, 1.82) is 0 Å². The number of benzene rings is 1. The van der Waals surface area contributed by atoms with Gasteiger partial charge >= 0.3 is 5.97 Å². The summed E-state index contributed by atoms with van der Waals surface area (Å²) in [6, 6.07) is 7.87. The van der Waals surface area contributed by atoms with Crippen LogP contribution >= 0.6 is 15.9 Å². The highest BCUT2D eigenvalue weighted by Gasteiger charge is 2.57. The van der Waals surface area contributed by atoms with Gasteiger partial charge in [0.1, 0.15) is 5.41 Å². The first-order chi connectivity index (χ1) is 9.65.